The molecule has 0 spiro atoms. The zero-order valence-corrected chi connectivity index (χ0v) is 14.5. The first-order valence-electron chi connectivity index (χ1n) is 8.51. The fourth-order valence-corrected chi connectivity index (χ4v) is 2.88. The molecule has 0 radical (unpaired) electrons. The standard InChI is InChI=1S/C17H23N5O3/c1-3-18-16(24)20-15(23)12(2)21-8-10-22(11-9-21)17-19-13-6-4-5-7-14(13)25-17/h4-7,12H,3,8-11H2,1-2H3,(H2,18,20,23,24)/t12-/m0/s1. The lowest BCUT2D eigenvalue weighted by atomic mass is 10.2. The number of imide groups is 1. The van der Waals surface area contributed by atoms with Crippen molar-refractivity contribution in [3.63, 3.8) is 0 Å². The molecule has 1 aromatic heterocycles. The van der Waals surface area contributed by atoms with E-state index in [9.17, 15) is 9.59 Å². The molecule has 3 amide bonds. The van der Waals surface area contributed by atoms with Gasteiger partial charge in [0.25, 0.3) is 6.01 Å². The lowest BCUT2D eigenvalue weighted by Crippen LogP contribution is -2.55. The Hall–Kier alpha value is -2.61. The molecule has 1 aliphatic rings. The Balaban J connectivity index is 1.56. The number of anilines is 1. The number of aromatic nitrogens is 1. The van der Waals surface area contributed by atoms with Crippen LogP contribution in [0.5, 0.6) is 0 Å². The van der Waals surface area contributed by atoms with Crippen LogP contribution in [-0.4, -0.2) is 60.6 Å². The number of hydrogen-bond donors (Lipinski definition) is 2. The van der Waals surface area contributed by atoms with Crippen molar-refractivity contribution in [3.05, 3.63) is 24.3 Å². The highest BCUT2D eigenvalue weighted by Crippen LogP contribution is 2.22. The lowest BCUT2D eigenvalue weighted by molar-refractivity contribution is -0.124. The van der Waals surface area contributed by atoms with Crippen molar-refractivity contribution in [2.45, 2.75) is 19.9 Å². The van der Waals surface area contributed by atoms with E-state index in [2.05, 4.69) is 20.5 Å². The monoisotopic (exact) mass is 345 g/mol. The normalized spacial score (nSPS) is 16.6. The summed E-state index contributed by atoms with van der Waals surface area (Å²) < 4.78 is 5.79. The minimum atomic E-state index is -0.454. The van der Waals surface area contributed by atoms with E-state index in [4.69, 9.17) is 4.42 Å². The Morgan fingerprint density at radius 2 is 1.96 bits per heavy atom. The van der Waals surface area contributed by atoms with Crippen LogP contribution in [0.3, 0.4) is 0 Å². The Morgan fingerprint density at radius 3 is 2.64 bits per heavy atom. The smallest absolute Gasteiger partial charge is 0.321 e. The molecule has 1 atom stereocenters. The molecule has 8 heteroatoms. The van der Waals surface area contributed by atoms with Crippen LogP contribution in [0.4, 0.5) is 10.8 Å². The van der Waals surface area contributed by atoms with E-state index in [0.29, 0.717) is 38.7 Å². The molecule has 0 bridgehead atoms. The quantitative estimate of drug-likeness (QED) is 0.865. The molecular weight excluding hydrogens is 322 g/mol. The number of amides is 3. The van der Waals surface area contributed by atoms with Crippen LogP contribution in [0.15, 0.2) is 28.7 Å². The van der Waals surface area contributed by atoms with E-state index in [1.54, 1.807) is 6.92 Å². The predicted octanol–water partition coefficient (Wildman–Crippen LogP) is 1.18. The Morgan fingerprint density at radius 1 is 1.24 bits per heavy atom. The number of nitrogens with zero attached hydrogens (tertiary/aromatic N) is 3. The maximum Gasteiger partial charge on any atom is 0.321 e. The van der Waals surface area contributed by atoms with E-state index in [1.807, 2.05) is 36.1 Å². The summed E-state index contributed by atoms with van der Waals surface area (Å²) in [6, 6.07) is 7.46. The minimum Gasteiger partial charge on any atom is -0.423 e. The van der Waals surface area contributed by atoms with Crippen molar-refractivity contribution >= 4 is 29.1 Å². The minimum absolute atomic E-state index is 0.290. The summed E-state index contributed by atoms with van der Waals surface area (Å²) >= 11 is 0. The van der Waals surface area contributed by atoms with Crippen molar-refractivity contribution < 1.29 is 14.0 Å². The second-order valence-corrected chi connectivity index (χ2v) is 6.01. The van der Waals surface area contributed by atoms with Crippen LogP contribution in [-0.2, 0) is 4.79 Å². The molecule has 8 nitrogen and oxygen atoms in total. The largest absolute Gasteiger partial charge is 0.423 e. The van der Waals surface area contributed by atoms with Gasteiger partial charge in [-0.2, -0.15) is 4.98 Å². The number of oxazole rings is 1. The Bertz CT molecular complexity index is 719. The van der Waals surface area contributed by atoms with Crippen molar-refractivity contribution in [2.75, 3.05) is 37.6 Å². The highest BCUT2D eigenvalue weighted by Gasteiger charge is 2.28. The van der Waals surface area contributed by atoms with E-state index in [0.717, 1.165) is 11.1 Å². The maximum absolute atomic E-state index is 12.1. The van der Waals surface area contributed by atoms with Crippen LogP contribution in [0.1, 0.15) is 13.8 Å². The number of rotatable bonds is 4. The van der Waals surface area contributed by atoms with E-state index < -0.39 is 6.03 Å². The van der Waals surface area contributed by atoms with Crippen molar-refractivity contribution in [1.29, 1.82) is 0 Å². The summed E-state index contributed by atoms with van der Waals surface area (Å²) in [5.74, 6) is -0.290. The molecular formula is C17H23N5O3. The first kappa shape index (κ1) is 17.2. The number of hydrogen-bond acceptors (Lipinski definition) is 6. The first-order chi connectivity index (χ1) is 12.1. The van der Waals surface area contributed by atoms with E-state index in [1.165, 1.54) is 0 Å². The van der Waals surface area contributed by atoms with E-state index in [-0.39, 0.29) is 11.9 Å². The number of carbonyl (C=O) groups excluding carboxylic acids is 2. The summed E-state index contributed by atoms with van der Waals surface area (Å²) in [5.41, 5.74) is 1.62. The predicted molar refractivity (Wildman–Crippen MR) is 94.5 cm³/mol. The number of benzene rings is 1. The molecule has 134 valence electrons. The van der Waals surface area contributed by atoms with Gasteiger partial charge in [0, 0.05) is 32.7 Å². The van der Waals surface area contributed by atoms with Crippen LogP contribution in [0.25, 0.3) is 11.1 Å². The molecule has 3 rings (SSSR count). The zero-order chi connectivity index (χ0) is 17.8. The molecule has 2 heterocycles. The van der Waals surface area contributed by atoms with Crippen LogP contribution >= 0.6 is 0 Å². The van der Waals surface area contributed by atoms with Gasteiger partial charge in [0.2, 0.25) is 5.91 Å². The molecule has 1 aliphatic heterocycles. The summed E-state index contributed by atoms with van der Waals surface area (Å²) in [7, 11) is 0. The SMILES string of the molecule is CCNC(=O)NC(=O)[C@H](C)N1CCN(c2nc3ccccc3o2)CC1. The summed E-state index contributed by atoms with van der Waals surface area (Å²) in [6.07, 6.45) is 0. The molecule has 1 fully saturated rings. The average Bonchev–Trinajstić information content (AvgIpc) is 3.05. The van der Waals surface area contributed by atoms with Crippen LogP contribution in [0, 0.1) is 0 Å². The second-order valence-electron chi connectivity index (χ2n) is 6.01. The van der Waals surface area contributed by atoms with Gasteiger partial charge in [-0.1, -0.05) is 12.1 Å². The van der Waals surface area contributed by atoms with Gasteiger partial charge < -0.3 is 14.6 Å². The van der Waals surface area contributed by atoms with Crippen LogP contribution < -0.4 is 15.5 Å². The molecule has 0 aliphatic carbocycles. The van der Waals surface area contributed by atoms with Crippen molar-refractivity contribution in [1.82, 2.24) is 20.5 Å². The molecule has 1 saturated heterocycles. The summed E-state index contributed by atoms with van der Waals surface area (Å²) in [5, 5.41) is 4.92. The fourth-order valence-electron chi connectivity index (χ4n) is 2.88. The number of piperazine rings is 1. The molecule has 25 heavy (non-hydrogen) atoms. The van der Waals surface area contributed by atoms with Crippen molar-refractivity contribution in [3.8, 4) is 0 Å². The highest BCUT2D eigenvalue weighted by molar-refractivity contribution is 5.96. The topological polar surface area (TPSA) is 90.7 Å². The van der Waals surface area contributed by atoms with Crippen molar-refractivity contribution in [2.24, 2.45) is 0 Å². The molecule has 0 saturated carbocycles. The summed E-state index contributed by atoms with van der Waals surface area (Å²) in [4.78, 5) is 32.2. The zero-order valence-electron chi connectivity index (χ0n) is 14.5. The maximum atomic E-state index is 12.1. The van der Waals surface area contributed by atoms with Gasteiger partial charge in [0.05, 0.1) is 6.04 Å². The number of para-hydroxylation sites is 2. The van der Waals surface area contributed by atoms with Gasteiger partial charge in [-0.05, 0) is 26.0 Å². The van der Waals surface area contributed by atoms with Gasteiger partial charge in [-0.25, -0.2) is 4.79 Å². The third-order valence-electron chi connectivity index (χ3n) is 4.37. The summed E-state index contributed by atoms with van der Waals surface area (Å²) in [6.45, 7) is 6.92. The molecule has 1 aromatic carbocycles. The Labute approximate surface area is 146 Å². The second kappa shape index (κ2) is 7.52. The number of fused-ring (bicyclic) bond motifs is 1. The lowest BCUT2D eigenvalue weighted by Gasteiger charge is -2.36. The third-order valence-corrected chi connectivity index (χ3v) is 4.37. The van der Waals surface area contributed by atoms with Crippen LogP contribution in [0.2, 0.25) is 0 Å². The van der Waals surface area contributed by atoms with Gasteiger partial charge in [0.1, 0.15) is 5.52 Å². The van der Waals surface area contributed by atoms with Gasteiger partial charge >= 0.3 is 6.03 Å². The average molecular weight is 345 g/mol. The molecule has 2 N–H and O–H groups in total. The van der Waals surface area contributed by atoms with Gasteiger partial charge in [0.15, 0.2) is 5.58 Å². The molecule has 0 unspecified atom stereocenters. The number of urea groups is 1. The van der Waals surface area contributed by atoms with E-state index >= 15 is 0 Å². The molecule has 2 aromatic rings. The van der Waals surface area contributed by atoms with Gasteiger partial charge in [-0.15, -0.1) is 0 Å². The third kappa shape index (κ3) is 3.90. The highest BCUT2D eigenvalue weighted by atomic mass is 16.4. The Kier molecular flexibility index (Phi) is 5.18. The number of nitrogens with one attached hydrogen (secondary N) is 2. The first-order valence-corrected chi connectivity index (χ1v) is 8.51. The van der Waals surface area contributed by atoms with Gasteiger partial charge in [-0.3, -0.25) is 15.0 Å². The number of carbonyl (C=O) groups is 2. The fraction of sp³-hybridized carbons (Fsp3) is 0.471.